The highest BCUT2D eigenvalue weighted by molar-refractivity contribution is 7.94. The van der Waals surface area contributed by atoms with Crippen LogP contribution in [-0.4, -0.2) is 25.5 Å². The van der Waals surface area contributed by atoms with Gasteiger partial charge in [0.15, 0.2) is 11.5 Å². The molecule has 0 unspecified atom stereocenters. The third-order valence-electron chi connectivity index (χ3n) is 4.23. The first-order valence-corrected chi connectivity index (χ1v) is 13.1. The molecule has 0 aliphatic carbocycles. The lowest BCUT2D eigenvalue weighted by Crippen LogP contribution is -2.29. The Labute approximate surface area is 189 Å². The third kappa shape index (κ3) is 6.20. The predicted octanol–water partition coefficient (Wildman–Crippen LogP) is 5.66. The Hall–Kier alpha value is -0.650. The molecule has 0 amide bonds. The van der Waals surface area contributed by atoms with E-state index in [1.54, 1.807) is 12.5 Å². The molecule has 0 spiro atoms. The van der Waals surface area contributed by atoms with Crippen LogP contribution in [0.25, 0.3) is 0 Å². The van der Waals surface area contributed by atoms with Crippen LogP contribution >= 0.6 is 24.1 Å². The van der Waals surface area contributed by atoms with Crippen molar-refractivity contribution in [1.82, 2.24) is 0 Å². The molecular formula is C20H33O7S3-. The van der Waals surface area contributed by atoms with Gasteiger partial charge in [-0.15, -0.1) is 8.67 Å². The van der Waals surface area contributed by atoms with Crippen LogP contribution in [0.1, 0.15) is 79.0 Å². The SMILES string of the molecule is CSOOc1c(C(C)(C)C)c(OOSC)c(C(C)(C)C)c(S(=O)(=O)[O-])c1C(C)(C)C. The molecule has 30 heavy (non-hydrogen) atoms. The fourth-order valence-corrected chi connectivity index (χ4v) is 4.85. The molecule has 7 nitrogen and oxygen atoms in total. The van der Waals surface area contributed by atoms with Crippen LogP contribution in [0.4, 0.5) is 0 Å². The molecule has 0 fully saturated rings. The van der Waals surface area contributed by atoms with Crippen LogP contribution in [-0.2, 0) is 35.0 Å². The van der Waals surface area contributed by atoms with E-state index in [9.17, 15) is 13.0 Å². The number of hydrogen-bond acceptors (Lipinski definition) is 9. The van der Waals surface area contributed by atoms with Crippen LogP contribution in [0.2, 0.25) is 0 Å². The summed E-state index contributed by atoms with van der Waals surface area (Å²) in [6.07, 6.45) is 3.33. The molecule has 0 saturated heterocycles. The van der Waals surface area contributed by atoms with E-state index in [0.717, 1.165) is 24.1 Å². The van der Waals surface area contributed by atoms with Crippen LogP contribution in [0.5, 0.6) is 11.5 Å². The molecule has 0 saturated carbocycles. The van der Waals surface area contributed by atoms with Crippen LogP contribution in [0, 0.1) is 0 Å². The minimum atomic E-state index is -4.92. The van der Waals surface area contributed by atoms with Gasteiger partial charge in [-0.3, -0.25) is 0 Å². The molecule has 0 radical (unpaired) electrons. The van der Waals surface area contributed by atoms with Crippen LogP contribution in [0.15, 0.2) is 4.90 Å². The maximum absolute atomic E-state index is 12.6. The van der Waals surface area contributed by atoms with Crippen LogP contribution < -0.4 is 9.78 Å². The van der Waals surface area contributed by atoms with Crippen molar-refractivity contribution in [2.75, 3.05) is 12.5 Å². The lowest BCUT2D eigenvalue weighted by Gasteiger charge is -2.37. The Kier molecular flexibility index (Phi) is 8.63. The smallest absolute Gasteiger partial charge is 0.179 e. The highest BCUT2D eigenvalue weighted by Crippen LogP contribution is 2.53. The summed E-state index contributed by atoms with van der Waals surface area (Å²) in [4.78, 5) is 10.9. The summed E-state index contributed by atoms with van der Waals surface area (Å²) in [6.45, 7) is 16.7. The minimum absolute atomic E-state index is 0.145. The summed E-state index contributed by atoms with van der Waals surface area (Å²) in [5.41, 5.74) is -1.05. The van der Waals surface area contributed by atoms with Gasteiger partial charge in [-0.25, -0.2) is 8.42 Å². The van der Waals surface area contributed by atoms with Gasteiger partial charge >= 0.3 is 0 Å². The van der Waals surface area contributed by atoms with Crippen molar-refractivity contribution in [3.63, 3.8) is 0 Å². The minimum Gasteiger partial charge on any atom is -0.744 e. The molecule has 10 heteroatoms. The van der Waals surface area contributed by atoms with Crippen molar-refractivity contribution in [2.45, 2.75) is 83.5 Å². The summed E-state index contributed by atoms with van der Waals surface area (Å²) in [7, 11) is -4.92. The van der Waals surface area contributed by atoms with Gasteiger partial charge in [0.2, 0.25) is 0 Å². The van der Waals surface area contributed by atoms with Gasteiger partial charge in [0.05, 0.1) is 10.5 Å². The maximum atomic E-state index is 12.6. The number of benzene rings is 1. The Morgan fingerprint density at radius 2 is 0.967 bits per heavy atom. The monoisotopic (exact) mass is 481 g/mol. The summed E-state index contributed by atoms with van der Waals surface area (Å²) in [5, 5.41) is 0. The largest absolute Gasteiger partial charge is 0.744 e. The molecule has 0 aliphatic rings. The second-order valence-corrected chi connectivity index (χ2v) is 12.2. The first-order chi connectivity index (χ1) is 13.4. The third-order valence-corrected chi connectivity index (χ3v) is 5.55. The molecule has 0 atom stereocenters. The van der Waals surface area contributed by atoms with Crippen LogP contribution in [0.3, 0.4) is 0 Å². The van der Waals surface area contributed by atoms with Crippen molar-refractivity contribution in [2.24, 2.45) is 0 Å². The van der Waals surface area contributed by atoms with Gasteiger partial charge in [0.25, 0.3) is 0 Å². The van der Waals surface area contributed by atoms with Gasteiger partial charge in [-0.2, -0.15) is 0 Å². The van der Waals surface area contributed by atoms with Gasteiger partial charge in [0, 0.05) is 47.7 Å². The first kappa shape index (κ1) is 27.4. The molecule has 0 aromatic heterocycles. The van der Waals surface area contributed by atoms with E-state index in [2.05, 4.69) is 0 Å². The van der Waals surface area contributed by atoms with Crippen molar-refractivity contribution in [3.8, 4) is 11.5 Å². The van der Waals surface area contributed by atoms with E-state index in [4.69, 9.17) is 18.4 Å². The van der Waals surface area contributed by atoms with Gasteiger partial charge < -0.3 is 14.3 Å². The molecular weight excluding hydrogens is 448 g/mol. The van der Waals surface area contributed by atoms with E-state index >= 15 is 0 Å². The highest BCUT2D eigenvalue weighted by Gasteiger charge is 2.42. The topological polar surface area (TPSA) is 94.1 Å². The van der Waals surface area contributed by atoms with Crippen molar-refractivity contribution >= 4 is 34.2 Å². The van der Waals surface area contributed by atoms with Crippen molar-refractivity contribution in [3.05, 3.63) is 16.7 Å². The molecule has 1 aromatic rings. The number of hydrogen-bond donors (Lipinski definition) is 0. The summed E-state index contributed by atoms with van der Waals surface area (Å²) in [6, 6.07) is 0. The molecule has 0 N–H and O–H groups in total. The molecule has 1 rings (SSSR count). The first-order valence-electron chi connectivity index (χ1n) is 9.35. The molecule has 0 aliphatic heterocycles. The zero-order valence-electron chi connectivity index (χ0n) is 19.6. The van der Waals surface area contributed by atoms with Crippen molar-refractivity contribution in [1.29, 1.82) is 0 Å². The molecule has 1 aromatic carbocycles. The van der Waals surface area contributed by atoms with Gasteiger partial charge in [-0.1, -0.05) is 62.3 Å². The van der Waals surface area contributed by atoms with E-state index in [-0.39, 0.29) is 27.5 Å². The Balaban J connectivity index is 4.50. The predicted molar refractivity (Wildman–Crippen MR) is 121 cm³/mol. The second kappa shape index (κ2) is 9.46. The zero-order chi connectivity index (χ0) is 23.7. The Bertz CT molecular complexity index is 811. The van der Waals surface area contributed by atoms with E-state index in [1.165, 1.54) is 0 Å². The average Bonchev–Trinajstić information content (AvgIpc) is 2.52. The number of rotatable bonds is 7. The maximum Gasteiger partial charge on any atom is 0.179 e. The quantitative estimate of drug-likeness (QED) is 0.211. The lowest BCUT2D eigenvalue weighted by atomic mass is 9.73. The molecule has 174 valence electrons. The normalized spacial score (nSPS) is 13.5. The fraction of sp³-hybridized carbons (Fsp3) is 0.700. The van der Waals surface area contributed by atoms with E-state index < -0.39 is 26.4 Å². The Morgan fingerprint density at radius 1 is 0.667 bits per heavy atom. The summed E-state index contributed by atoms with van der Waals surface area (Å²) < 4.78 is 48.2. The average molecular weight is 482 g/mol. The molecule has 0 bridgehead atoms. The van der Waals surface area contributed by atoms with Gasteiger partial charge in [-0.05, 0) is 16.2 Å². The standard InChI is InChI=1S/C20H34O7S3/c1-18(2,3)12-15(24-26-28-10)13(19(4,5)6)17(30(21,22)23)14(20(7,8)9)16(12)25-27-29-11/h1-11H3,(H,21,22,23)/p-1. The molecule has 0 heterocycles. The highest BCUT2D eigenvalue weighted by atomic mass is 32.2. The van der Waals surface area contributed by atoms with E-state index in [1.807, 2.05) is 62.3 Å². The van der Waals surface area contributed by atoms with Gasteiger partial charge in [0.1, 0.15) is 10.1 Å². The Morgan fingerprint density at radius 3 is 1.17 bits per heavy atom. The zero-order valence-corrected chi connectivity index (χ0v) is 22.0. The summed E-state index contributed by atoms with van der Waals surface area (Å²) in [5.74, 6) is 0.290. The fourth-order valence-electron chi connectivity index (χ4n) is 3.28. The van der Waals surface area contributed by atoms with E-state index in [0.29, 0.717) is 5.56 Å². The second-order valence-electron chi connectivity index (χ2n) is 9.95. The summed E-state index contributed by atoms with van der Waals surface area (Å²) >= 11 is 1.91. The lowest BCUT2D eigenvalue weighted by molar-refractivity contribution is -0.0905. The van der Waals surface area contributed by atoms with Crippen molar-refractivity contribution < 1.29 is 31.4 Å².